The van der Waals surface area contributed by atoms with Gasteiger partial charge in [0.25, 0.3) is 0 Å². The molecule has 1 atom stereocenters. The fraction of sp³-hybridized carbons (Fsp3) is 0.320. The zero-order chi connectivity index (χ0) is 21.5. The Balaban J connectivity index is 1.47. The van der Waals surface area contributed by atoms with E-state index in [0.717, 1.165) is 48.6 Å². The number of hydrogen-bond donors (Lipinski definition) is 1. The lowest BCUT2D eigenvalue weighted by Gasteiger charge is -2.41. The summed E-state index contributed by atoms with van der Waals surface area (Å²) in [6.45, 7) is 2.78. The topological polar surface area (TPSA) is 67.4 Å². The highest BCUT2D eigenvalue weighted by molar-refractivity contribution is 5.88. The van der Waals surface area contributed by atoms with Crippen molar-refractivity contribution in [1.82, 2.24) is 20.2 Å². The van der Waals surface area contributed by atoms with E-state index in [1.807, 2.05) is 48.5 Å². The van der Waals surface area contributed by atoms with Crippen molar-refractivity contribution in [3.8, 4) is 5.75 Å². The van der Waals surface area contributed by atoms with Crippen LogP contribution >= 0.6 is 0 Å². The second-order valence-electron chi connectivity index (χ2n) is 7.95. The highest BCUT2D eigenvalue weighted by Crippen LogP contribution is 2.34. The highest BCUT2D eigenvalue weighted by Gasteiger charge is 2.44. The number of hydrogen-bond acceptors (Lipinski definition) is 5. The van der Waals surface area contributed by atoms with E-state index in [9.17, 15) is 4.79 Å². The first-order valence-corrected chi connectivity index (χ1v) is 10.7. The average molecular weight is 417 g/mol. The monoisotopic (exact) mass is 416 g/mol. The molecule has 1 fully saturated rings. The summed E-state index contributed by atoms with van der Waals surface area (Å²) in [6.07, 6.45) is 5.28. The van der Waals surface area contributed by atoms with Gasteiger partial charge in [-0.05, 0) is 61.3 Å². The number of amides is 1. The van der Waals surface area contributed by atoms with Crippen LogP contribution in [0.25, 0.3) is 0 Å². The molecule has 1 aliphatic heterocycles. The van der Waals surface area contributed by atoms with Crippen LogP contribution in [0.3, 0.4) is 0 Å². The Kier molecular flexibility index (Phi) is 6.57. The number of nitrogens with zero attached hydrogens (tertiary/aromatic N) is 3. The van der Waals surface area contributed by atoms with Crippen LogP contribution in [0.1, 0.15) is 29.8 Å². The van der Waals surface area contributed by atoms with E-state index in [1.54, 1.807) is 19.4 Å². The Morgan fingerprint density at radius 2 is 1.94 bits per heavy atom. The first-order chi connectivity index (χ1) is 15.2. The normalized spacial score (nSPS) is 19.0. The molecule has 31 heavy (non-hydrogen) atoms. The summed E-state index contributed by atoms with van der Waals surface area (Å²) >= 11 is 0. The summed E-state index contributed by atoms with van der Waals surface area (Å²) in [5.41, 5.74) is 2.27. The van der Waals surface area contributed by atoms with Crippen molar-refractivity contribution < 1.29 is 9.53 Å². The van der Waals surface area contributed by atoms with Crippen LogP contribution in [0.4, 0.5) is 0 Å². The lowest BCUT2D eigenvalue weighted by molar-refractivity contribution is -0.128. The molecule has 4 rings (SSSR count). The molecule has 0 bridgehead atoms. The molecule has 2 aromatic heterocycles. The summed E-state index contributed by atoms with van der Waals surface area (Å²) in [5.74, 6) is 0.853. The Labute approximate surface area is 183 Å². The molecule has 0 aliphatic carbocycles. The van der Waals surface area contributed by atoms with Crippen LogP contribution in [0, 0.1) is 0 Å². The molecule has 3 heterocycles. The molecule has 0 spiro atoms. The van der Waals surface area contributed by atoms with Gasteiger partial charge >= 0.3 is 0 Å². The van der Waals surface area contributed by atoms with E-state index in [-0.39, 0.29) is 5.91 Å². The predicted molar refractivity (Wildman–Crippen MR) is 120 cm³/mol. The van der Waals surface area contributed by atoms with Crippen molar-refractivity contribution in [1.29, 1.82) is 0 Å². The van der Waals surface area contributed by atoms with E-state index in [0.29, 0.717) is 13.2 Å². The maximum Gasteiger partial charge on any atom is 0.233 e. The molecule has 1 N–H and O–H groups in total. The number of benzene rings is 1. The van der Waals surface area contributed by atoms with E-state index >= 15 is 0 Å². The number of nitrogens with one attached hydrogen (secondary N) is 1. The van der Waals surface area contributed by atoms with Gasteiger partial charge in [-0.1, -0.05) is 24.3 Å². The number of ether oxygens (including phenoxy) is 1. The van der Waals surface area contributed by atoms with Gasteiger partial charge in [0.1, 0.15) is 17.8 Å². The van der Waals surface area contributed by atoms with Gasteiger partial charge in [-0.15, -0.1) is 0 Å². The third-order valence-corrected chi connectivity index (χ3v) is 5.81. The zero-order valence-corrected chi connectivity index (χ0v) is 17.8. The van der Waals surface area contributed by atoms with Crippen LogP contribution in [0.15, 0.2) is 73.1 Å². The average Bonchev–Trinajstić information content (AvgIpc) is 2.84. The molecule has 3 aromatic rings. The van der Waals surface area contributed by atoms with E-state index in [1.165, 1.54) is 0 Å². The van der Waals surface area contributed by atoms with E-state index in [4.69, 9.17) is 4.74 Å². The number of aromatic nitrogens is 2. The molecule has 0 unspecified atom stereocenters. The second kappa shape index (κ2) is 9.71. The molecule has 6 nitrogen and oxygen atoms in total. The second-order valence-corrected chi connectivity index (χ2v) is 7.95. The fourth-order valence-corrected chi connectivity index (χ4v) is 4.31. The molecule has 0 radical (unpaired) electrons. The summed E-state index contributed by atoms with van der Waals surface area (Å²) in [4.78, 5) is 24.1. The van der Waals surface area contributed by atoms with Gasteiger partial charge in [-0.2, -0.15) is 0 Å². The number of carbonyl (C=O) groups excluding carboxylic acids is 1. The Morgan fingerprint density at radius 3 is 2.68 bits per heavy atom. The lowest BCUT2D eigenvalue weighted by Crippen LogP contribution is -2.54. The van der Waals surface area contributed by atoms with Crippen LogP contribution in [0.2, 0.25) is 0 Å². The third-order valence-electron chi connectivity index (χ3n) is 5.81. The molecule has 1 aromatic carbocycles. The number of pyridine rings is 2. The molecular weight excluding hydrogens is 388 g/mol. The molecule has 160 valence electrons. The van der Waals surface area contributed by atoms with Crippen LogP contribution in [0.5, 0.6) is 5.75 Å². The van der Waals surface area contributed by atoms with Crippen molar-refractivity contribution in [2.45, 2.75) is 31.4 Å². The summed E-state index contributed by atoms with van der Waals surface area (Å²) < 4.78 is 5.93. The first-order valence-electron chi connectivity index (χ1n) is 10.7. The summed E-state index contributed by atoms with van der Waals surface area (Å²) in [5, 5.41) is 2.87. The van der Waals surface area contributed by atoms with Gasteiger partial charge < -0.3 is 10.1 Å². The number of piperidine rings is 1. The fourth-order valence-electron chi connectivity index (χ4n) is 4.31. The Hall–Kier alpha value is -3.25. The van der Waals surface area contributed by atoms with Crippen molar-refractivity contribution in [3.05, 3.63) is 90.0 Å². The van der Waals surface area contributed by atoms with E-state index < -0.39 is 5.41 Å². The van der Waals surface area contributed by atoms with Gasteiger partial charge in [-0.3, -0.25) is 19.7 Å². The molecular formula is C25H28N4O2. The molecule has 0 saturated carbocycles. The summed E-state index contributed by atoms with van der Waals surface area (Å²) in [6, 6.07) is 19.8. The van der Waals surface area contributed by atoms with Crippen molar-refractivity contribution in [2.24, 2.45) is 0 Å². The summed E-state index contributed by atoms with van der Waals surface area (Å²) in [7, 11) is 1.70. The third kappa shape index (κ3) is 4.91. The zero-order valence-electron chi connectivity index (χ0n) is 17.8. The van der Waals surface area contributed by atoms with Crippen LogP contribution in [-0.2, 0) is 23.4 Å². The number of likely N-dealkylation sites (N-methyl/N-ethyl adjacent to an activating group) is 1. The van der Waals surface area contributed by atoms with Gasteiger partial charge in [0.05, 0.1) is 11.4 Å². The molecule has 1 saturated heterocycles. The van der Waals surface area contributed by atoms with Crippen molar-refractivity contribution in [2.75, 3.05) is 20.1 Å². The van der Waals surface area contributed by atoms with Gasteiger partial charge in [0.15, 0.2) is 0 Å². The largest absolute Gasteiger partial charge is 0.487 e. The minimum absolute atomic E-state index is 0.0309. The minimum Gasteiger partial charge on any atom is -0.487 e. The Morgan fingerprint density at radius 1 is 1.10 bits per heavy atom. The number of likely N-dealkylation sites (tertiary alicyclic amines) is 1. The Bertz CT molecular complexity index is 997. The highest BCUT2D eigenvalue weighted by atomic mass is 16.5. The lowest BCUT2D eigenvalue weighted by atomic mass is 9.75. The van der Waals surface area contributed by atoms with Crippen LogP contribution in [-0.4, -0.2) is 40.9 Å². The van der Waals surface area contributed by atoms with Gasteiger partial charge in [-0.25, -0.2) is 0 Å². The maximum atomic E-state index is 13.0. The van der Waals surface area contributed by atoms with E-state index in [2.05, 4.69) is 32.3 Å². The smallest absolute Gasteiger partial charge is 0.233 e. The molecule has 1 amide bonds. The number of carbonyl (C=O) groups is 1. The first kappa shape index (κ1) is 21.0. The van der Waals surface area contributed by atoms with Crippen molar-refractivity contribution in [3.63, 3.8) is 0 Å². The van der Waals surface area contributed by atoms with Gasteiger partial charge in [0, 0.05) is 32.5 Å². The quantitative estimate of drug-likeness (QED) is 0.640. The molecule has 6 heteroatoms. The maximum absolute atomic E-state index is 13.0. The standard InChI is InChI=1S/C25H28N4O2/c1-26-24(30)25(23-11-3-5-14-28-23)12-7-15-29(19-25)17-20-8-6-10-22(16-20)31-18-21-9-2-4-13-27-21/h2-6,8-11,13-14,16H,7,12,15,17-19H2,1H3,(H,26,30)/t25-/m1/s1. The van der Waals surface area contributed by atoms with Crippen LogP contribution < -0.4 is 10.1 Å². The van der Waals surface area contributed by atoms with Crippen molar-refractivity contribution >= 4 is 5.91 Å². The molecule has 1 aliphatic rings. The van der Waals surface area contributed by atoms with Gasteiger partial charge in [0.2, 0.25) is 5.91 Å². The minimum atomic E-state index is -0.624. The predicted octanol–water partition coefficient (Wildman–Crippen LogP) is 3.34. The number of rotatable bonds is 7. The SMILES string of the molecule is CNC(=O)[C@]1(c2ccccn2)CCCN(Cc2cccc(OCc3ccccn3)c2)C1.